The lowest BCUT2D eigenvalue weighted by atomic mass is 9.81. The minimum absolute atomic E-state index is 0.194. The summed E-state index contributed by atoms with van der Waals surface area (Å²) in [6.07, 6.45) is -2.51. The van der Waals surface area contributed by atoms with Gasteiger partial charge in [0, 0.05) is 75.0 Å². The van der Waals surface area contributed by atoms with E-state index in [1.165, 1.54) is 38.2 Å². The smallest absolute Gasteiger partial charge is 0.313 e. The van der Waals surface area contributed by atoms with Crippen molar-refractivity contribution in [1.29, 1.82) is 0 Å². The highest BCUT2D eigenvalue weighted by Crippen LogP contribution is 2.42. The molecule has 4 bridgehead atoms. The van der Waals surface area contributed by atoms with E-state index < -0.39 is 307 Å². The van der Waals surface area contributed by atoms with Crippen molar-refractivity contribution in [3.05, 3.63) is 170 Å². The molecule has 38 atom stereocenters. The molecular weight excluding hydrogens is 1700 g/mol. The number of cyclic esters (lactones) is 2. The van der Waals surface area contributed by atoms with Crippen LogP contribution in [0, 0.1) is 35.5 Å². The first-order valence-electron chi connectivity index (χ1n) is 45.0. The molecule has 1 amide bonds. The monoisotopic (exact) mass is 1840 g/mol. The summed E-state index contributed by atoms with van der Waals surface area (Å²) in [4.78, 5) is 55.1. The van der Waals surface area contributed by atoms with Crippen LogP contribution in [-0.4, -0.2) is 328 Å². The van der Waals surface area contributed by atoms with Crippen molar-refractivity contribution in [2.75, 3.05) is 7.11 Å². The van der Waals surface area contributed by atoms with Crippen LogP contribution in [0.4, 0.5) is 0 Å². The number of esters is 3. The lowest BCUT2D eigenvalue weighted by Gasteiger charge is -2.47. The van der Waals surface area contributed by atoms with Crippen LogP contribution in [-0.2, 0) is 61.8 Å². The molecule has 4 fully saturated rings. The Morgan fingerprint density at radius 1 is 0.369 bits per heavy atom. The Balaban J connectivity index is 1.34. The summed E-state index contributed by atoms with van der Waals surface area (Å²) in [6, 6.07) is -3.12. The van der Waals surface area contributed by atoms with Gasteiger partial charge in [0.25, 0.3) is 0 Å². The van der Waals surface area contributed by atoms with E-state index in [-0.39, 0.29) is 50.4 Å². The number of methoxy groups -OCH3 is 1. The second-order valence-corrected chi connectivity index (χ2v) is 35.4. The van der Waals surface area contributed by atoms with Gasteiger partial charge in [0.05, 0.1) is 166 Å². The molecule has 0 aromatic rings. The second kappa shape index (κ2) is 55.9. The first-order valence-corrected chi connectivity index (χ1v) is 45.0. The molecule has 0 radical (unpaired) electrons. The Kier molecular flexibility index (Phi) is 48.1. The summed E-state index contributed by atoms with van der Waals surface area (Å²) in [5.74, 6) is -14.1. The Morgan fingerprint density at radius 3 is 1.08 bits per heavy atom. The van der Waals surface area contributed by atoms with Gasteiger partial charge in [-0.15, -0.1) is 0 Å². The fourth-order valence-electron chi connectivity index (χ4n) is 16.5. The number of amides is 1. The van der Waals surface area contributed by atoms with E-state index >= 15 is 4.79 Å². The van der Waals surface area contributed by atoms with Gasteiger partial charge in [0.15, 0.2) is 24.2 Å². The summed E-state index contributed by atoms with van der Waals surface area (Å²) in [6.45, 7) is 13.1. The molecular formula is C95H146N2O33. The maximum absolute atomic E-state index is 15.4. The second-order valence-electron chi connectivity index (χ2n) is 35.4. The number of hydrogen-bond acceptors (Lipinski definition) is 34. The molecule has 6 heterocycles. The first-order chi connectivity index (χ1) is 61.4. The lowest BCUT2D eigenvalue weighted by molar-refractivity contribution is -0.309. The van der Waals surface area contributed by atoms with Crippen molar-refractivity contribution < 1.29 is 164 Å². The Labute approximate surface area is 761 Å². The Hall–Kier alpha value is -6.84. The molecule has 0 spiro atoms. The number of carbonyl (C=O) groups is 4. The molecule has 4 saturated heterocycles. The SMILES string of the molecule is COC(=O)[C@H]1[C@@H]2C[C@@H](O[C@@H]3O[C@H](C)[C@@H](O)[C@H](NC(=O)[C@H]4[C@@H]5C[C@@H](O[C@@H]6O[C@H](C)[C@@H](O)[C@H](N)[C@@H]6O)C=CC=CC=CC=CC=CC=CC=C[C@H](C)[C@@H](O)[C@@H](C)[C@H](C)OC(=O)C[C@H](O)C[C@H](O)CC[C@@H](O)[C@H](O)C[C@H](O)C[C@](O)(C[C@@H]4O)O5)[C@@H]3O)C=CC=CC=CC=CC=CC=CC=C[C@H](C)[C@@H](O)[C@@H](C)[C@H](C)OC(=O)C[C@H](O)C[C@H](O)CC[C@@H](O)[C@H](O)C[C@H](O)C[C@](O)(C[C@@H]1O)O2. The van der Waals surface area contributed by atoms with Crippen molar-refractivity contribution in [2.24, 2.45) is 41.2 Å². The molecule has 0 aromatic heterocycles. The summed E-state index contributed by atoms with van der Waals surface area (Å²) in [5, 5.41) is 232. The number of rotatable bonds is 7. The van der Waals surface area contributed by atoms with Crippen LogP contribution >= 0.6 is 0 Å². The largest absolute Gasteiger partial charge is 0.469 e. The maximum atomic E-state index is 15.4. The van der Waals surface area contributed by atoms with Gasteiger partial charge in [-0.1, -0.05) is 198 Å². The number of fused-ring (bicyclic) bond motifs is 4. The number of ether oxygens (including phenoxy) is 9. The quantitative estimate of drug-likeness (QED) is 0.127. The van der Waals surface area contributed by atoms with Crippen LogP contribution in [0.3, 0.4) is 0 Å². The fourth-order valence-corrected chi connectivity index (χ4v) is 16.5. The van der Waals surface area contributed by atoms with Crippen molar-refractivity contribution in [3.63, 3.8) is 0 Å². The standard InChI is InChI=1S/C95H146N2O33/c1-54-34-30-26-22-18-14-10-12-16-20-24-28-32-36-68(127-92-88(116)82(96)86(114)60(7)125-92)48-76-80(74(108)52-94(120,129-76)50-66(102)44-72(106)70(104)40-38-62(98)42-64(100)46-78(110)123-58(5)56(3)84(54)112)90(118)97-83-87(115)61(8)126-93(89(83)117)128-69-37-33-29-25-21-17-13-11-15-19-23-27-31-35-55(2)85(113)57(4)59(6)124-79(111)47-65(101)43-63(99)39-41-71(105)73(107)45-67(103)51-95(121)53-75(109)81(91(119)122-9)77(49-69)130-95/h10-37,54-77,80-89,92-93,98-109,112-117,120-121H,38-53,96H2,1-9H3,(H,97,118)/t54-,55-,56-,57-,58-,59-,60+,61+,62+,63+,64+,65+,66-,67-,68-,69-,70+,71+,72+,73+,74-,75-,76-,77-,80+,81+,82-,83-,84+,85+,86+,87+,88-,89-,92-,93-,94+,95+/m0/s1. The first kappa shape index (κ1) is 112. The van der Waals surface area contributed by atoms with Gasteiger partial charge < -0.3 is 156 Å². The van der Waals surface area contributed by atoms with E-state index in [9.17, 15) is 117 Å². The van der Waals surface area contributed by atoms with E-state index in [0.29, 0.717) is 0 Å². The average Bonchev–Trinajstić information content (AvgIpc) is 0.776. The third kappa shape index (κ3) is 37.1. The van der Waals surface area contributed by atoms with Crippen LogP contribution < -0.4 is 11.1 Å². The maximum Gasteiger partial charge on any atom is 0.313 e. The summed E-state index contributed by atoms with van der Waals surface area (Å²) >= 11 is 0. The summed E-state index contributed by atoms with van der Waals surface area (Å²) in [7, 11) is 1.03. The van der Waals surface area contributed by atoms with Crippen LogP contribution in [0.1, 0.15) is 158 Å². The van der Waals surface area contributed by atoms with Crippen LogP contribution in [0.2, 0.25) is 0 Å². The van der Waals surface area contributed by atoms with Crippen LogP contribution in [0.5, 0.6) is 0 Å². The number of hydrogen-bond donors (Lipinski definition) is 22. The third-order valence-corrected chi connectivity index (χ3v) is 24.5. The number of nitrogens with two attached hydrogens (primary N) is 1. The molecule has 35 heteroatoms. The lowest BCUT2D eigenvalue weighted by Crippen LogP contribution is -2.66. The van der Waals surface area contributed by atoms with Crippen molar-refractivity contribution in [1.82, 2.24) is 5.32 Å². The molecule has 130 heavy (non-hydrogen) atoms. The molecule has 23 N–H and O–H groups in total. The van der Waals surface area contributed by atoms with Crippen molar-refractivity contribution in [2.45, 2.75) is 353 Å². The number of allylic oxidation sites excluding steroid dienone is 24. The number of aliphatic hydroxyl groups excluding tert-OH is 18. The van der Waals surface area contributed by atoms with Gasteiger partial charge in [0.2, 0.25) is 5.91 Å². The molecule has 35 nitrogen and oxygen atoms in total. The average molecular weight is 1840 g/mol. The predicted molar refractivity (Wildman–Crippen MR) is 475 cm³/mol. The van der Waals surface area contributed by atoms with Crippen molar-refractivity contribution >= 4 is 23.8 Å². The number of nitrogens with one attached hydrogen (secondary N) is 1. The normalized spacial score (nSPS) is 42.1. The third-order valence-electron chi connectivity index (χ3n) is 24.5. The predicted octanol–water partition coefficient (Wildman–Crippen LogP) is 1.60. The zero-order valence-corrected chi connectivity index (χ0v) is 75.6. The molecule has 0 unspecified atom stereocenters. The fraction of sp³-hybridized carbons (Fsp3) is 0.663. The van der Waals surface area contributed by atoms with Crippen LogP contribution in [0.25, 0.3) is 0 Å². The van der Waals surface area contributed by atoms with Crippen molar-refractivity contribution in [3.8, 4) is 0 Å². The summed E-state index contributed by atoms with van der Waals surface area (Å²) in [5.41, 5.74) is 6.27. The summed E-state index contributed by atoms with van der Waals surface area (Å²) < 4.78 is 53.8. The van der Waals surface area contributed by atoms with Gasteiger partial charge in [-0.3, -0.25) is 19.2 Å². The highest BCUT2D eigenvalue weighted by atomic mass is 16.7. The zero-order chi connectivity index (χ0) is 96.3. The topological polar surface area (TPSA) is 594 Å². The molecule has 6 aliphatic rings. The molecule has 0 aliphatic carbocycles. The van der Waals surface area contributed by atoms with Gasteiger partial charge in [-0.2, -0.15) is 0 Å². The minimum Gasteiger partial charge on any atom is -0.469 e. The van der Waals surface area contributed by atoms with E-state index in [1.54, 1.807) is 187 Å². The highest BCUT2D eigenvalue weighted by Gasteiger charge is 2.55. The van der Waals surface area contributed by atoms with Crippen LogP contribution in [0.15, 0.2) is 170 Å². The Bertz CT molecular complexity index is 3840. The van der Waals surface area contributed by atoms with Gasteiger partial charge in [0.1, 0.15) is 36.4 Å². The molecule has 734 valence electrons. The van der Waals surface area contributed by atoms with Gasteiger partial charge in [-0.05, 0) is 66.2 Å². The van der Waals surface area contributed by atoms with E-state index in [4.69, 9.17) is 48.4 Å². The zero-order valence-electron chi connectivity index (χ0n) is 75.6. The highest BCUT2D eigenvalue weighted by molar-refractivity contribution is 5.80. The van der Waals surface area contributed by atoms with E-state index in [0.717, 1.165) is 7.11 Å². The molecule has 0 saturated carbocycles. The van der Waals surface area contributed by atoms with E-state index in [1.807, 2.05) is 0 Å². The molecule has 6 rings (SSSR count). The van der Waals surface area contributed by atoms with E-state index in [2.05, 4.69) is 5.32 Å². The van der Waals surface area contributed by atoms with Gasteiger partial charge >= 0.3 is 17.9 Å². The van der Waals surface area contributed by atoms with Gasteiger partial charge in [-0.25, -0.2) is 0 Å². The Morgan fingerprint density at radius 2 is 0.708 bits per heavy atom. The molecule has 6 aliphatic heterocycles. The minimum atomic E-state index is -2.61. The molecule has 0 aromatic carbocycles. The number of carbonyl (C=O) groups excluding carboxylic acids is 4. The number of aliphatic hydroxyl groups is 20.